The molecular formula is C25H30F3N5O3. The predicted octanol–water partition coefficient (Wildman–Crippen LogP) is 4.06. The van der Waals surface area contributed by atoms with Gasteiger partial charge >= 0.3 is 6.18 Å². The van der Waals surface area contributed by atoms with Crippen LogP contribution in [0.1, 0.15) is 61.9 Å². The third-order valence-corrected chi connectivity index (χ3v) is 6.32. The number of alkyl halides is 3. The average Bonchev–Trinajstić information content (AvgIpc) is 3.18. The Kier molecular flexibility index (Phi) is 6.74. The lowest BCUT2D eigenvalue weighted by atomic mass is 9.93. The van der Waals surface area contributed by atoms with Crippen LogP contribution in [-0.2, 0) is 12.6 Å². The van der Waals surface area contributed by atoms with E-state index < -0.39 is 29.0 Å². The number of aliphatic hydroxyl groups is 2. The molecule has 4 rings (SSSR count). The molecule has 3 aromatic rings. The number of hydrogen-bond donors (Lipinski definition) is 3. The Labute approximate surface area is 206 Å². The largest absolute Gasteiger partial charge is 0.433 e. The first-order valence-corrected chi connectivity index (χ1v) is 11.8. The summed E-state index contributed by atoms with van der Waals surface area (Å²) >= 11 is 0. The molecule has 0 atom stereocenters. The number of amides is 1. The molecule has 36 heavy (non-hydrogen) atoms. The molecule has 194 valence electrons. The van der Waals surface area contributed by atoms with Crippen molar-refractivity contribution in [3.8, 4) is 0 Å². The zero-order chi connectivity index (χ0) is 26.3. The highest BCUT2D eigenvalue weighted by Gasteiger charge is 2.33. The van der Waals surface area contributed by atoms with Crippen molar-refractivity contribution in [3.63, 3.8) is 0 Å². The number of aromatic nitrogens is 3. The van der Waals surface area contributed by atoms with Gasteiger partial charge in [0.25, 0.3) is 5.91 Å². The number of hydrogen-bond acceptors (Lipinski definition) is 6. The second-order valence-corrected chi connectivity index (χ2v) is 10.2. The van der Waals surface area contributed by atoms with Crippen LogP contribution in [0.5, 0.6) is 0 Å². The number of piperidine rings is 1. The maximum absolute atomic E-state index is 13.1. The summed E-state index contributed by atoms with van der Waals surface area (Å²) in [6.07, 6.45) is 0.895. The Bertz CT molecular complexity index is 1250. The lowest BCUT2D eigenvalue weighted by molar-refractivity contribution is -0.141. The molecule has 0 spiro atoms. The number of fused-ring (bicyclic) bond motifs is 1. The summed E-state index contributed by atoms with van der Waals surface area (Å²) in [7, 11) is 0. The Morgan fingerprint density at radius 3 is 2.50 bits per heavy atom. The van der Waals surface area contributed by atoms with Crippen molar-refractivity contribution in [1.29, 1.82) is 0 Å². The molecule has 0 bridgehead atoms. The summed E-state index contributed by atoms with van der Waals surface area (Å²) in [4.78, 5) is 23.1. The Morgan fingerprint density at radius 1 is 1.17 bits per heavy atom. The molecule has 8 nitrogen and oxygen atoms in total. The second-order valence-electron chi connectivity index (χ2n) is 10.2. The first-order valence-electron chi connectivity index (χ1n) is 11.8. The van der Waals surface area contributed by atoms with Crippen molar-refractivity contribution < 1.29 is 28.2 Å². The van der Waals surface area contributed by atoms with Crippen molar-refractivity contribution >= 4 is 22.9 Å². The number of rotatable bonds is 6. The fourth-order valence-corrected chi connectivity index (χ4v) is 4.12. The topological polar surface area (TPSA) is 103 Å². The summed E-state index contributed by atoms with van der Waals surface area (Å²) in [5.74, 6) is -0.770. The molecule has 0 radical (unpaired) electrons. The van der Waals surface area contributed by atoms with E-state index in [2.05, 4.69) is 15.3 Å². The number of aryl methyl sites for hydroxylation is 1. The number of halogens is 3. The molecule has 3 aromatic heterocycles. The van der Waals surface area contributed by atoms with Crippen molar-refractivity contribution in [2.24, 2.45) is 0 Å². The second kappa shape index (κ2) is 9.36. The van der Waals surface area contributed by atoms with Crippen LogP contribution in [0.25, 0.3) is 5.65 Å². The van der Waals surface area contributed by atoms with Gasteiger partial charge in [0.2, 0.25) is 0 Å². The standard InChI is InChI=1S/C25H30F3N5O3/c1-23(2,35)8-7-16-14-33-15-18(31-22(34)17-5-4-6-20(30-17)25(26,27)28)19(13-21(33)29-16)32-11-9-24(3,36)10-12-32/h4-6,13-15,35-36H,7-12H2,1-3H3,(H,31,34). The molecule has 4 heterocycles. The zero-order valence-electron chi connectivity index (χ0n) is 20.4. The minimum absolute atomic E-state index is 0.353. The van der Waals surface area contributed by atoms with E-state index in [1.165, 1.54) is 6.07 Å². The van der Waals surface area contributed by atoms with Gasteiger partial charge in [-0.1, -0.05) is 6.07 Å². The summed E-state index contributed by atoms with van der Waals surface area (Å²) in [5, 5.41) is 23.1. The van der Waals surface area contributed by atoms with Crippen LogP contribution in [0.2, 0.25) is 0 Å². The molecule has 0 aromatic carbocycles. The van der Waals surface area contributed by atoms with E-state index >= 15 is 0 Å². The number of carbonyl (C=O) groups is 1. The van der Waals surface area contributed by atoms with Gasteiger partial charge in [-0.25, -0.2) is 9.97 Å². The van der Waals surface area contributed by atoms with E-state index in [0.29, 0.717) is 55.8 Å². The smallest absolute Gasteiger partial charge is 0.390 e. The van der Waals surface area contributed by atoms with Crippen LogP contribution < -0.4 is 10.2 Å². The van der Waals surface area contributed by atoms with E-state index in [1.54, 1.807) is 37.6 Å². The van der Waals surface area contributed by atoms with Crippen LogP contribution in [0.4, 0.5) is 24.5 Å². The third-order valence-electron chi connectivity index (χ3n) is 6.32. The molecule has 1 aliphatic heterocycles. The maximum atomic E-state index is 13.1. The SMILES string of the molecule is CC(C)(O)CCc1cn2cc(NC(=O)c3cccc(C(F)(F)F)n3)c(N3CCC(C)(O)CC3)cc2n1. The molecule has 0 unspecified atom stereocenters. The van der Waals surface area contributed by atoms with Gasteiger partial charge in [0.1, 0.15) is 17.0 Å². The molecule has 11 heteroatoms. The number of anilines is 2. The predicted molar refractivity (Wildman–Crippen MR) is 129 cm³/mol. The van der Waals surface area contributed by atoms with Gasteiger partial charge in [0, 0.05) is 31.5 Å². The molecular weight excluding hydrogens is 475 g/mol. The Morgan fingerprint density at radius 2 is 1.86 bits per heavy atom. The van der Waals surface area contributed by atoms with Gasteiger partial charge in [-0.05, 0) is 58.6 Å². The highest BCUT2D eigenvalue weighted by Crippen LogP contribution is 2.33. The summed E-state index contributed by atoms with van der Waals surface area (Å²) < 4.78 is 41.0. The highest BCUT2D eigenvalue weighted by atomic mass is 19.4. The van der Waals surface area contributed by atoms with Gasteiger partial charge < -0.3 is 24.8 Å². The van der Waals surface area contributed by atoms with Crippen LogP contribution in [0.15, 0.2) is 36.7 Å². The first kappa shape index (κ1) is 25.9. The Balaban J connectivity index is 1.68. The first-order chi connectivity index (χ1) is 16.7. The van der Waals surface area contributed by atoms with Crippen molar-refractivity contribution in [1.82, 2.24) is 14.4 Å². The molecule has 0 saturated carbocycles. The van der Waals surface area contributed by atoms with Gasteiger partial charge in [0.05, 0.1) is 28.3 Å². The van der Waals surface area contributed by atoms with E-state index in [1.807, 2.05) is 11.0 Å². The van der Waals surface area contributed by atoms with Gasteiger partial charge in [-0.2, -0.15) is 13.2 Å². The molecule has 3 N–H and O–H groups in total. The number of nitrogens with one attached hydrogen (secondary N) is 1. The van der Waals surface area contributed by atoms with Gasteiger partial charge in [0.15, 0.2) is 0 Å². The van der Waals surface area contributed by atoms with E-state index in [9.17, 15) is 28.2 Å². The van der Waals surface area contributed by atoms with E-state index in [-0.39, 0.29) is 5.69 Å². The third kappa shape index (κ3) is 6.14. The average molecular weight is 506 g/mol. The minimum Gasteiger partial charge on any atom is -0.390 e. The number of carbonyl (C=O) groups excluding carboxylic acids is 1. The zero-order valence-corrected chi connectivity index (χ0v) is 20.4. The van der Waals surface area contributed by atoms with E-state index in [4.69, 9.17) is 0 Å². The van der Waals surface area contributed by atoms with Crippen molar-refractivity contribution in [2.75, 3.05) is 23.3 Å². The van der Waals surface area contributed by atoms with Crippen LogP contribution in [0, 0.1) is 0 Å². The number of pyridine rings is 2. The van der Waals surface area contributed by atoms with Crippen LogP contribution in [0.3, 0.4) is 0 Å². The summed E-state index contributed by atoms with van der Waals surface area (Å²) in [6.45, 7) is 6.28. The molecule has 0 aliphatic carbocycles. The van der Waals surface area contributed by atoms with Crippen molar-refractivity contribution in [3.05, 3.63) is 53.7 Å². The molecule has 1 fully saturated rings. The molecule has 1 aliphatic rings. The Hall–Kier alpha value is -3.18. The normalized spacial score (nSPS) is 16.4. The van der Waals surface area contributed by atoms with Gasteiger partial charge in [-0.3, -0.25) is 4.79 Å². The fraction of sp³-hybridized carbons (Fsp3) is 0.480. The summed E-state index contributed by atoms with van der Waals surface area (Å²) in [6, 6.07) is 5.00. The fourth-order valence-electron chi connectivity index (χ4n) is 4.12. The summed E-state index contributed by atoms with van der Waals surface area (Å²) in [5.41, 5.74) is -0.704. The van der Waals surface area contributed by atoms with Crippen LogP contribution in [-0.4, -0.2) is 54.8 Å². The maximum Gasteiger partial charge on any atom is 0.433 e. The van der Waals surface area contributed by atoms with Crippen LogP contribution >= 0.6 is 0 Å². The van der Waals surface area contributed by atoms with Gasteiger partial charge in [-0.15, -0.1) is 0 Å². The monoisotopic (exact) mass is 505 g/mol. The highest BCUT2D eigenvalue weighted by molar-refractivity contribution is 6.04. The molecule has 1 amide bonds. The van der Waals surface area contributed by atoms with E-state index in [0.717, 1.165) is 17.8 Å². The quantitative estimate of drug-likeness (QED) is 0.467. The lowest BCUT2D eigenvalue weighted by Gasteiger charge is -2.37. The number of imidazole rings is 1. The number of nitrogens with zero attached hydrogens (tertiary/aromatic N) is 4. The minimum atomic E-state index is -4.67. The lowest BCUT2D eigenvalue weighted by Crippen LogP contribution is -2.42. The molecule has 1 saturated heterocycles. The van der Waals surface area contributed by atoms with Crippen molar-refractivity contribution in [2.45, 2.75) is 63.8 Å².